The van der Waals surface area contributed by atoms with Crippen LogP contribution in [0.4, 0.5) is 4.39 Å². The molecule has 106 valence electrons. The van der Waals surface area contributed by atoms with Crippen molar-refractivity contribution < 1.29 is 4.39 Å². The van der Waals surface area contributed by atoms with Crippen molar-refractivity contribution in [3.05, 3.63) is 71.7 Å². The van der Waals surface area contributed by atoms with Gasteiger partial charge in [0.15, 0.2) is 0 Å². The Hall–Kier alpha value is -2.07. The summed E-state index contributed by atoms with van der Waals surface area (Å²) < 4.78 is 20.8. The van der Waals surface area contributed by atoms with Gasteiger partial charge in [-0.2, -0.15) is 5.26 Å². The van der Waals surface area contributed by atoms with E-state index in [2.05, 4.69) is 19.3 Å². The van der Waals surface area contributed by atoms with Gasteiger partial charge in [-0.05, 0) is 36.3 Å². The highest BCUT2D eigenvalue weighted by Gasteiger charge is 2.13. The summed E-state index contributed by atoms with van der Waals surface area (Å²) in [6, 6.07) is 9.71. The quantitative estimate of drug-likeness (QED) is 0.445. The molecule has 0 spiro atoms. The minimum absolute atomic E-state index is 0.386. The van der Waals surface area contributed by atoms with Crippen LogP contribution in [0.2, 0.25) is 0 Å². The van der Waals surface area contributed by atoms with Gasteiger partial charge in [-0.25, -0.2) is 7.54 Å². The van der Waals surface area contributed by atoms with Crippen LogP contribution in [0.1, 0.15) is 18.1 Å². The van der Waals surface area contributed by atoms with Crippen molar-refractivity contribution in [2.75, 3.05) is 0 Å². The van der Waals surface area contributed by atoms with E-state index in [-0.39, 0.29) is 5.83 Å². The molecule has 1 aliphatic rings. The molecule has 0 saturated carbocycles. The first-order valence-electron chi connectivity index (χ1n) is 6.21. The summed E-state index contributed by atoms with van der Waals surface area (Å²) in [5, 5.41) is 9.08. The third-order valence-electron chi connectivity index (χ3n) is 2.88. The minimum Gasteiger partial charge on any atom is -0.308 e. The lowest BCUT2D eigenvalue weighted by molar-refractivity contribution is 0.668. The Morgan fingerprint density at radius 3 is 3.00 bits per heavy atom. The maximum absolute atomic E-state index is 13.4. The van der Waals surface area contributed by atoms with Gasteiger partial charge in [0, 0.05) is 5.56 Å². The van der Waals surface area contributed by atoms with E-state index >= 15 is 0 Å². The van der Waals surface area contributed by atoms with Crippen molar-refractivity contribution in [2.45, 2.75) is 6.92 Å². The Kier molecular flexibility index (Phi) is 5.17. The fraction of sp³-hybridized carbons (Fsp3) is 0.0625. The lowest BCUT2D eigenvalue weighted by Crippen LogP contribution is -1.95. The smallest absolute Gasteiger partial charge is 0.150 e. The molecule has 0 radical (unpaired) electrons. The van der Waals surface area contributed by atoms with Crippen molar-refractivity contribution in [3.8, 4) is 6.07 Å². The maximum atomic E-state index is 13.4. The van der Waals surface area contributed by atoms with Crippen LogP contribution in [-0.4, -0.2) is 0 Å². The molecule has 1 heterocycles. The van der Waals surface area contributed by atoms with E-state index in [0.29, 0.717) is 11.4 Å². The molecule has 2 rings (SSSR count). The molecule has 0 amide bonds. The third kappa shape index (κ3) is 3.52. The zero-order valence-corrected chi connectivity index (χ0v) is 13.6. The van der Waals surface area contributed by atoms with Crippen LogP contribution in [0.3, 0.4) is 0 Å². The van der Waals surface area contributed by atoms with E-state index in [4.69, 9.17) is 5.26 Å². The van der Waals surface area contributed by atoms with Gasteiger partial charge in [-0.15, -0.1) is 0 Å². The lowest BCUT2D eigenvalue weighted by atomic mass is 10.0. The van der Waals surface area contributed by atoms with Crippen molar-refractivity contribution in [1.29, 1.82) is 5.26 Å². The zero-order chi connectivity index (χ0) is 15.2. The van der Waals surface area contributed by atoms with Crippen LogP contribution in [-0.2, 0) is 0 Å². The molecule has 0 saturated heterocycles. The standard InChI is InChI=1S/C16H13FIN3/c1-3-11(9-14(17)4-2)12-6-5-7-13(8-12)16-15(10-19)20-18-21-16/h3-9H,2H2,1H3,(H,20,21)/b11-3+,14-9+. The molecule has 0 aliphatic carbocycles. The number of benzene rings is 1. The molecule has 1 aliphatic heterocycles. The van der Waals surface area contributed by atoms with Crippen molar-refractivity contribution >= 4 is 32.6 Å². The summed E-state index contributed by atoms with van der Waals surface area (Å²) in [5.74, 6) is -0.386. The molecule has 0 unspecified atom stereocenters. The first-order valence-corrected chi connectivity index (χ1v) is 8.25. The Morgan fingerprint density at radius 2 is 2.33 bits per heavy atom. The van der Waals surface area contributed by atoms with E-state index in [1.807, 2.05) is 37.3 Å². The number of nitriles is 1. The predicted octanol–water partition coefficient (Wildman–Crippen LogP) is 4.99. The molecular weight excluding hydrogens is 380 g/mol. The second-order valence-corrected chi connectivity index (χ2v) is 5.66. The fourth-order valence-corrected chi connectivity index (χ4v) is 3.35. The van der Waals surface area contributed by atoms with E-state index in [1.165, 1.54) is 12.2 Å². The number of nitrogens with one attached hydrogen (secondary N) is 1. The zero-order valence-electron chi connectivity index (χ0n) is 11.4. The normalized spacial score (nSPS) is 15.3. The summed E-state index contributed by atoms with van der Waals surface area (Å²) in [6.07, 6.45) is 4.44. The van der Waals surface area contributed by atoms with Gasteiger partial charge in [0.2, 0.25) is 0 Å². The van der Waals surface area contributed by atoms with Crippen LogP contribution >= 0.6 is 21.3 Å². The SMILES string of the molecule is C=C/C(F)=C\C(=C/C)c1cccc(C2=C(C#N)NI=N2)c1. The first kappa shape index (κ1) is 15.3. The Bertz CT molecular complexity index is 736. The van der Waals surface area contributed by atoms with Crippen molar-refractivity contribution in [3.63, 3.8) is 0 Å². The summed E-state index contributed by atoms with van der Waals surface area (Å²) in [7, 11) is 0. The molecule has 1 aromatic rings. The predicted molar refractivity (Wildman–Crippen MR) is 91.6 cm³/mol. The van der Waals surface area contributed by atoms with Crippen molar-refractivity contribution in [1.82, 2.24) is 3.53 Å². The largest absolute Gasteiger partial charge is 0.308 e. The van der Waals surface area contributed by atoms with Crippen LogP contribution < -0.4 is 3.53 Å². The molecule has 1 N–H and O–H groups in total. The first-order chi connectivity index (χ1) is 10.2. The number of halogens is 2. The van der Waals surface area contributed by atoms with Gasteiger partial charge in [-0.3, -0.25) is 0 Å². The Labute approximate surface area is 133 Å². The Morgan fingerprint density at radius 1 is 1.52 bits per heavy atom. The van der Waals surface area contributed by atoms with Crippen molar-refractivity contribution in [2.24, 2.45) is 3.15 Å². The van der Waals surface area contributed by atoms with Crippen LogP contribution in [0, 0.1) is 11.3 Å². The van der Waals surface area contributed by atoms with Crippen LogP contribution in [0.15, 0.2) is 63.7 Å². The van der Waals surface area contributed by atoms with Crippen LogP contribution in [0.5, 0.6) is 0 Å². The van der Waals surface area contributed by atoms with Gasteiger partial charge in [0.05, 0.1) is 0 Å². The number of allylic oxidation sites excluding steroid dienone is 6. The monoisotopic (exact) mass is 393 g/mol. The van der Waals surface area contributed by atoms with E-state index in [1.54, 1.807) is 0 Å². The third-order valence-corrected chi connectivity index (χ3v) is 4.39. The molecule has 1 aromatic carbocycles. The molecule has 0 fully saturated rings. The molecule has 0 bridgehead atoms. The number of hydrogen-bond acceptors (Lipinski definition) is 3. The number of rotatable bonds is 4. The van der Waals surface area contributed by atoms with Gasteiger partial charge in [0.1, 0.15) is 44.6 Å². The highest BCUT2D eigenvalue weighted by atomic mass is 127. The number of nitrogens with zero attached hydrogens (tertiary/aromatic N) is 2. The van der Waals surface area contributed by atoms with Gasteiger partial charge in [0.25, 0.3) is 0 Å². The van der Waals surface area contributed by atoms with E-state index in [0.717, 1.165) is 16.7 Å². The number of hydrogen-bond donors (Lipinski definition) is 1. The summed E-state index contributed by atoms with van der Waals surface area (Å²) >= 11 is -0.538. The maximum Gasteiger partial charge on any atom is 0.150 e. The molecule has 0 aromatic heterocycles. The highest BCUT2D eigenvalue weighted by molar-refractivity contribution is 14.1. The van der Waals surface area contributed by atoms with E-state index in [9.17, 15) is 4.39 Å². The van der Waals surface area contributed by atoms with Gasteiger partial charge < -0.3 is 3.53 Å². The molecule has 3 nitrogen and oxygen atoms in total. The summed E-state index contributed by atoms with van der Waals surface area (Å²) in [6.45, 7) is 5.26. The van der Waals surface area contributed by atoms with E-state index < -0.39 is 21.3 Å². The molecule has 0 atom stereocenters. The van der Waals surface area contributed by atoms with Gasteiger partial charge >= 0.3 is 0 Å². The average molecular weight is 393 g/mol. The minimum atomic E-state index is -0.538. The summed E-state index contributed by atoms with van der Waals surface area (Å²) in [4.78, 5) is 0. The average Bonchev–Trinajstić information content (AvgIpc) is 3.01. The molecular formula is C16H13FIN3. The van der Waals surface area contributed by atoms with Crippen LogP contribution in [0.25, 0.3) is 11.3 Å². The second kappa shape index (κ2) is 7.09. The molecule has 21 heavy (non-hydrogen) atoms. The highest BCUT2D eigenvalue weighted by Crippen LogP contribution is 2.30. The molecule has 5 heteroatoms. The Balaban J connectivity index is 2.46. The second-order valence-electron chi connectivity index (χ2n) is 4.16. The topological polar surface area (TPSA) is 48.2 Å². The van der Waals surface area contributed by atoms with Gasteiger partial charge in [-0.1, -0.05) is 30.9 Å². The lowest BCUT2D eigenvalue weighted by Gasteiger charge is -2.06. The fourth-order valence-electron chi connectivity index (χ4n) is 1.85. The summed E-state index contributed by atoms with van der Waals surface area (Å²) in [5.41, 5.74) is 3.69.